The summed E-state index contributed by atoms with van der Waals surface area (Å²) in [7, 11) is -3.78. The Kier molecular flexibility index (Phi) is 3.39. The van der Waals surface area contributed by atoms with Crippen LogP contribution >= 0.6 is 0 Å². The number of nitriles is 1. The van der Waals surface area contributed by atoms with E-state index in [1.54, 1.807) is 13.0 Å². The number of nitrogens with zero attached hydrogens (tertiary/aromatic N) is 1. The van der Waals surface area contributed by atoms with Crippen LogP contribution in [0.1, 0.15) is 5.56 Å². The number of benzene rings is 1. The van der Waals surface area contributed by atoms with E-state index in [-0.39, 0.29) is 11.4 Å². The lowest BCUT2D eigenvalue weighted by molar-refractivity contribution is 0.581. The van der Waals surface area contributed by atoms with Gasteiger partial charge in [0.05, 0.1) is 17.5 Å². The highest BCUT2D eigenvalue weighted by Gasteiger charge is 2.14. The van der Waals surface area contributed by atoms with Crippen LogP contribution in [0.2, 0.25) is 0 Å². The van der Waals surface area contributed by atoms with Crippen molar-refractivity contribution in [2.75, 3.05) is 6.54 Å². The normalized spacial score (nSPS) is 11.0. The van der Waals surface area contributed by atoms with Gasteiger partial charge >= 0.3 is 0 Å². The molecule has 0 aliphatic heterocycles. The minimum Gasteiger partial charge on any atom is -0.207 e. The zero-order valence-corrected chi connectivity index (χ0v) is 8.81. The third-order valence-corrected chi connectivity index (χ3v) is 3.05. The quantitative estimate of drug-likeness (QED) is 0.782. The van der Waals surface area contributed by atoms with E-state index in [0.29, 0.717) is 5.56 Å². The van der Waals surface area contributed by atoms with E-state index in [0.717, 1.165) is 6.07 Å². The molecule has 0 unspecified atom stereocenters. The molecule has 0 radical (unpaired) electrons. The van der Waals surface area contributed by atoms with Crippen molar-refractivity contribution < 1.29 is 12.8 Å². The average molecular weight is 228 g/mol. The molecule has 0 spiro atoms. The van der Waals surface area contributed by atoms with E-state index in [1.807, 2.05) is 4.72 Å². The molecule has 4 nitrogen and oxygen atoms in total. The molecule has 80 valence electrons. The standard InChI is InChI=1S/C9H9FN2O2S/c1-7-4-8(10)6-9(5-7)15(13,14)12-3-2-11/h4-6,12H,3H2,1H3. The maximum Gasteiger partial charge on any atom is 0.241 e. The monoisotopic (exact) mass is 228 g/mol. The van der Waals surface area contributed by atoms with Gasteiger partial charge in [0.1, 0.15) is 5.82 Å². The van der Waals surface area contributed by atoms with Gasteiger partial charge in [0.2, 0.25) is 10.0 Å². The zero-order chi connectivity index (χ0) is 11.5. The molecule has 0 amide bonds. The fourth-order valence-corrected chi connectivity index (χ4v) is 2.10. The summed E-state index contributed by atoms with van der Waals surface area (Å²) in [5.74, 6) is -0.618. The van der Waals surface area contributed by atoms with Crippen LogP contribution in [-0.2, 0) is 10.0 Å². The minimum atomic E-state index is -3.78. The van der Waals surface area contributed by atoms with Gasteiger partial charge in [0.15, 0.2) is 0 Å². The second-order valence-electron chi connectivity index (χ2n) is 2.95. The minimum absolute atomic E-state index is 0.171. The Bertz CT molecular complexity index is 485. The maximum atomic E-state index is 12.9. The van der Waals surface area contributed by atoms with Gasteiger partial charge in [0, 0.05) is 0 Å². The van der Waals surface area contributed by atoms with Crippen LogP contribution in [0.5, 0.6) is 0 Å². The van der Waals surface area contributed by atoms with Gasteiger partial charge < -0.3 is 0 Å². The Balaban J connectivity index is 3.11. The molecule has 0 fully saturated rings. The van der Waals surface area contributed by atoms with E-state index in [1.165, 1.54) is 12.1 Å². The Morgan fingerprint density at radius 1 is 1.47 bits per heavy atom. The topological polar surface area (TPSA) is 70.0 Å². The average Bonchev–Trinajstić information content (AvgIpc) is 2.13. The molecule has 0 saturated heterocycles. The molecule has 1 N–H and O–H groups in total. The third-order valence-electron chi connectivity index (χ3n) is 1.67. The van der Waals surface area contributed by atoms with Gasteiger partial charge in [0.25, 0.3) is 0 Å². The SMILES string of the molecule is Cc1cc(F)cc(S(=O)(=O)NCC#N)c1. The summed E-state index contributed by atoms with van der Waals surface area (Å²) in [5, 5.41) is 8.23. The highest BCUT2D eigenvalue weighted by molar-refractivity contribution is 7.89. The van der Waals surface area contributed by atoms with E-state index in [9.17, 15) is 12.8 Å². The Hall–Kier alpha value is -1.45. The maximum absolute atomic E-state index is 12.9. The summed E-state index contributed by atoms with van der Waals surface area (Å²) in [6.45, 7) is 1.25. The molecule has 0 atom stereocenters. The smallest absolute Gasteiger partial charge is 0.207 e. The van der Waals surface area contributed by atoms with E-state index < -0.39 is 15.8 Å². The molecular weight excluding hydrogens is 219 g/mol. The van der Waals surface area contributed by atoms with Crippen LogP contribution in [0.15, 0.2) is 23.1 Å². The molecule has 1 rings (SSSR count). The number of sulfonamides is 1. The molecule has 0 bridgehead atoms. The first-order valence-corrected chi connectivity index (χ1v) is 5.58. The van der Waals surface area contributed by atoms with Crippen molar-refractivity contribution in [3.63, 3.8) is 0 Å². The van der Waals surface area contributed by atoms with Crippen LogP contribution in [0.25, 0.3) is 0 Å². The van der Waals surface area contributed by atoms with Gasteiger partial charge in [-0.2, -0.15) is 9.98 Å². The molecule has 0 saturated carbocycles. The van der Waals surface area contributed by atoms with Crippen molar-refractivity contribution >= 4 is 10.0 Å². The van der Waals surface area contributed by atoms with Gasteiger partial charge in [-0.3, -0.25) is 0 Å². The lowest BCUT2D eigenvalue weighted by atomic mass is 10.2. The first-order chi connectivity index (χ1) is 6.95. The summed E-state index contributed by atoms with van der Waals surface area (Å²) in [6, 6.07) is 5.11. The van der Waals surface area contributed by atoms with Crippen LogP contribution in [0, 0.1) is 24.1 Å². The predicted molar refractivity (Wildman–Crippen MR) is 51.9 cm³/mol. The first kappa shape index (κ1) is 11.6. The Morgan fingerprint density at radius 2 is 2.13 bits per heavy atom. The van der Waals surface area contributed by atoms with Crippen molar-refractivity contribution in [1.82, 2.24) is 4.72 Å². The van der Waals surface area contributed by atoms with Gasteiger partial charge in [-0.25, -0.2) is 12.8 Å². The van der Waals surface area contributed by atoms with Crippen molar-refractivity contribution in [3.05, 3.63) is 29.6 Å². The highest BCUT2D eigenvalue weighted by atomic mass is 32.2. The molecule has 6 heteroatoms. The van der Waals surface area contributed by atoms with Crippen molar-refractivity contribution in [1.29, 1.82) is 5.26 Å². The largest absolute Gasteiger partial charge is 0.241 e. The van der Waals surface area contributed by atoms with E-state index in [2.05, 4.69) is 0 Å². The summed E-state index contributed by atoms with van der Waals surface area (Å²) in [6.07, 6.45) is 0. The van der Waals surface area contributed by atoms with Crippen LogP contribution in [0.4, 0.5) is 4.39 Å². The Morgan fingerprint density at radius 3 is 2.67 bits per heavy atom. The number of halogens is 1. The Labute approximate surface area is 87.4 Å². The molecule has 0 aliphatic carbocycles. The summed E-state index contributed by atoms with van der Waals surface area (Å²) >= 11 is 0. The van der Waals surface area contributed by atoms with Crippen LogP contribution in [-0.4, -0.2) is 15.0 Å². The van der Waals surface area contributed by atoms with E-state index in [4.69, 9.17) is 5.26 Å². The fourth-order valence-electron chi connectivity index (χ4n) is 1.07. The zero-order valence-electron chi connectivity index (χ0n) is 7.99. The number of hydrogen-bond acceptors (Lipinski definition) is 3. The molecule has 1 aromatic rings. The van der Waals surface area contributed by atoms with E-state index >= 15 is 0 Å². The lowest BCUT2D eigenvalue weighted by Gasteiger charge is -2.04. The van der Waals surface area contributed by atoms with Gasteiger partial charge in [-0.15, -0.1) is 0 Å². The highest BCUT2D eigenvalue weighted by Crippen LogP contribution is 2.13. The number of rotatable bonds is 3. The van der Waals surface area contributed by atoms with Gasteiger partial charge in [-0.1, -0.05) is 0 Å². The number of aryl methyl sites for hydroxylation is 1. The molecule has 15 heavy (non-hydrogen) atoms. The van der Waals surface area contributed by atoms with Gasteiger partial charge in [-0.05, 0) is 30.7 Å². The third kappa shape index (κ3) is 3.01. The first-order valence-electron chi connectivity index (χ1n) is 4.09. The second-order valence-corrected chi connectivity index (χ2v) is 4.71. The lowest BCUT2D eigenvalue weighted by Crippen LogP contribution is -2.24. The van der Waals surface area contributed by atoms with Crippen molar-refractivity contribution in [2.24, 2.45) is 0 Å². The predicted octanol–water partition coefficient (Wildman–Crippen LogP) is 0.936. The summed E-state index contributed by atoms with van der Waals surface area (Å²) in [5.41, 5.74) is 0.507. The second kappa shape index (κ2) is 4.38. The summed E-state index contributed by atoms with van der Waals surface area (Å²) < 4.78 is 37.9. The van der Waals surface area contributed by atoms with Crippen molar-refractivity contribution in [2.45, 2.75) is 11.8 Å². The summed E-state index contributed by atoms with van der Waals surface area (Å²) in [4.78, 5) is -0.171. The molecular formula is C9H9FN2O2S. The molecule has 0 aromatic heterocycles. The molecule has 0 aliphatic rings. The molecule has 0 heterocycles. The van der Waals surface area contributed by atoms with Crippen LogP contribution < -0.4 is 4.72 Å². The van der Waals surface area contributed by atoms with Crippen LogP contribution in [0.3, 0.4) is 0 Å². The molecule has 1 aromatic carbocycles. The number of nitrogens with one attached hydrogen (secondary N) is 1. The fraction of sp³-hybridized carbons (Fsp3) is 0.222. The number of hydrogen-bond donors (Lipinski definition) is 1. The van der Waals surface area contributed by atoms with Crippen molar-refractivity contribution in [3.8, 4) is 6.07 Å².